The molecule has 3 heteroatoms. The van der Waals surface area contributed by atoms with Gasteiger partial charge in [-0.25, -0.2) is 4.39 Å². The molecule has 0 radical (unpaired) electrons. The third-order valence-corrected chi connectivity index (χ3v) is 2.56. The molecule has 0 unspecified atom stereocenters. The fourth-order valence-corrected chi connectivity index (χ4v) is 1.58. The predicted octanol–water partition coefficient (Wildman–Crippen LogP) is 1.10. The van der Waals surface area contributed by atoms with Gasteiger partial charge in [0.15, 0.2) is 0 Å². The Morgan fingerprint density at radius 2 is 2.15 bits per heavy atom. The van der Waals surface area contributed by atoms with E-state index in [1.54, 1.807) is 6.07 Å². The first-order chi connectivity index (χ1) is 6.22. The smallest absolute Gasteiger partial charge is 0.127 e. The van der Waals surface area contributed by atoms with Gasteiger partial charge >= 0.3 is 0 Å². The van der Waals surface area contributed by atoms with E-state index in [0.29, 0.717) is 11.5 Å². The lowest BCUT2D eigenvalue weighted by Crippen LogP contribution is -2.03. The average molecular weight is 180 g/mol. The molecule has 1 aromatic rings. The lowest BCUT2D eigenvalue weighted by Gasteiger charge is -2.03. The second-order valence-electron chi connectivity index (χ2n) is 3.56. The number of nitrogens with two attached hydrogens (primary N) is 2. The Labute approximate surface area is 76.7 Å². The molecular formula is C10H13FN2. The van der Waals surface area contributed by atoms with Crippen molar-refractivity contribution in [3.63, 3.8) is 0 Å². The fourth-order valence-electron chi connectivity index (χ4n) is 1.58. The first kappa shape index (κ1) is 8.66. The van der Waals surface area contributed by atoms with Crippen molar-refractivity contribution in [1.29, 1.82) is 0 Å². The quantitative estimate of drug-likeness (QED) is 0.716. The number of benzene rings is 1. The highest BCUT2D eigenvalue weighted by atomic mass is 19.1. The van der Waals surface area contributed by atoms with Crippen LogP contribution in [0.15, 0.2) is 18.2 Å². The summed E-state index contributed by atoms with van der Waals surface area (Å²) < 4.78 is 13.0. The van der Waals surface area contributed by atoms with Crippen molar-refractivity contribution in [2.24, 2.45) is 11.5 Å². The van der Waals surface area contributed by atoms with Crippen molar-refractivity contribution < 1.29 is 4.39 Å². The summed E-state index contributed by atoms with van der Waals surface area (Å²) in [6.45, 7) is 0.252. The average Bonchev–Trinajstić information content (AvgIpc) is 2.84. The molecule has 70 valence electrons. The first-order valence-corrected chi connectivity index (χ1v) is 4.46. The molecule has 2 nitrogen and oxygen atoms in total. The maximum Gasteiger partial charge on any atom is 0.127 e. The van der Waals surface area contributed by atoms with Gasteiger partial charge in [-0.15, -0.1) is 0 Å². The zero-order chi connectivity index (χ0) is 9.42. The van der Waals surface area contributed by atoms with Gasteiger partial charge < -0.3 is 11.5 Å². The maximum absolute atomic E-state index is 13.0. The second-order valence-corrected chi connectivity index (χ2v) is 3.56. The molecule has 0 spiro atoms. The van der Waals surface area contributed by atoms with E-state index in [0.717, 1.165) is 12.0 Å². The molecular weight excluding hydrogens is 167 g/mol. The first-order valence-electron chi connectivity index (χ1n) is 4.46. The lowest BCUT2D eigenvalue weighted by molar-refractivity contribution is 0.609. The molecule has 1 aromatic carbocycles. The van der Waals surface area contributed by atoms with Crippen molar-refractivity contribution in [2.45, 2.75) is 24.9 Å². The van der Waals surface area contributed by atoms with Gasteiger partial charge in [0, 0.05) is 24.1 Å². The molecule has 1 aliphatic rings. The highest BCUT2D eigenvalue weighted by Gasteiger charge is 2.34. The Hall–Kier alpha value is -0.930. The van der Waals surface area contributed by atoms with Crippen LogP contribution in [0.3, 0.4) is 0 Å². The van der Waals surface area contributed by atoms with Gasteiger partial charge in [-0.1, -0.05) is 12.1 Å². The fraction of sp³-hybridized carbons (Fsp3) is 0.400. The Bertz CT molecular complexity index is 325. The van der Waals surface area contributed by atoms with E-state index in [-0.39, 0.29) is 18.4 Å². The zero-order valence-corrected chi connectivity index (χ0v) is 7.33. The van der Waals surface area contributed by atoms with Crippen LogP contribution in [0.4, 0.5) is 4.39 Å². The normalized spacial score (nSPS) is 26.1. The standard InChI is InChI=1S/C10H13FN2/c11-9-2-1-6(3-7(9)5-12)8-4-10(8)13/h1-3,8,10H,4-5,12-13H2/t8-,10+/m0/s1. The molecule has 0 aliphatic heterocycles. The van der Waals surface area contributed by atoms with Gasteiger partial charge in [0.05, 0.1) is 0 Å². The van der Waals surface area contributed by atoms with Crippen molar-refractivity contribution in [2.75, 3.05) is 0 Å². The molecule has 1 fully saturated rings. The van der Waals surface area contributed by atoms with Gasteiger partial charge in [-0.2, -0.15) is 0 Å². The summed E-state index contributed by atoms with van der Waals surface area (Å²) in [6.07, 6.45) is 1.01. The minimum Gasteiger partial charge on any atom is -0.327 e. The highest BCUT2D eigenvalue weighted by Crippen LogP contribution is 2.39. The van der Waals surface area contributed by atoms with Crippen LogP contribution < -0.4 is 11.5 Å². The third-order valence-electron chi connectivity index (χ3n) is 2.56. The Morgan fingerprint density at radius 3 is 2.69 bits per heavy atom. The molecule has 1 aliphatic carbocycles. The monoisotopic (exact) mass is 180 g/mol. The van der Waals surface area contributed by atoms with Crippen molar-refractivity contribution >= 4 is 0 Å². The van der Waals surface area contributed by atoms with Crippen LogP contribution >= 0.6 is 0 Å². The molecule has 1 saturated carbocycles. The summed E-state index contributed by atoms with van der Waals surface area (Å²) in [5.74, 6) is 0.200. The molecule has 2 rings (SSSR count). The largest absolute Gasteiger partial charge is 0.327 e. The summed E-state index contributed by atoms with van der Waals surface area (Å²) in [4.78, 5) is 0. The van der Waals surface area contributed by atoms with Crippen LogP contribution in [-0.2, 0) is 6.54 Å². The maximum atomic E-state index is 13.0. The molecule has 0 saturated heterocycles. The van der Waals surface area contributed by atoms with Crippen LogP contribution in [-0.4, -0.2) is 6.04 Å². The van der Waals surface area contributed by atoms with Gasteiger partial charge in [0.25, 0.3) is 0 Å². The van der Waals surface area contributed by atoms with Crippen LogP contribution in [0.1, 0.15) is 23.5 Å². The molecule has 4 N–H and O–H groups in total. The van der Waals surface area contributed by atoms with Crippen LogP contribution in [0.2, 0.25) is 0 Å². The summed E-state index contributed by atoms with van der Waals surface area (Å²) in [7, 11) is 0. The topological polar surface area (TPSA) is 52.0 Å². The van der Waals surface area contributed by atoms with E-state index in [4.69, 9.17) is 11.5 Å². The second kappa shape index (κ2) is 3.09. The molecule has 0 aromatic heterocycles. The molecule has 0 amide bonds. The summed E-state index contributed by atoms with van der Waals surface area (Å²) in [6, 6.07) is 5.36. The van der Waals surface area contributed by atoms with E-state index in [2.05, 4.69) is 0 Å². The molecule has 2 atom stereocenters. The highest BCUT2D eigenvalue weighted by molar-refractivity contribution is 5.32. The number of hydrogen-bond donors (Lipinski definition) is 2. The van der Waals surface area contributed by atoms with E-state index in [1.165, 1.54) is 6.07 Å². The summed E-state index contributed by atoms with van der Waals surface area (Å²) in [5, 5.41) is 0. The van der Waals surface area contributed by atoms with Gasteiger partial charge in [-0.3, -0.25) is 0 Å². The van der Waals surface area contributed by atoms with E-state index in [9.17, 15) is 4.39 Å². The van der Waals surface area contributed by atoms with E-state index < -0.39 is 0 Å². The molecule has 0 heterocycles. The Balaban J connectivity index is 2.28. The van der Waals surface area contributed by atoms with Gasteiger partial charge in [-0.05, 0) is 18.1 Å². The lowest BCUT2D eigenvalue weighted by atomic mass is 10.1. The third kappa shape index (κ3) is 1.57. The number of rotatable bonds is 2. The number of hydrogen-bond acceptors (Lipinski definition) is 2. The van der Waals surface area contributed by atoms with Gasteiger partial charge in [0.1, 0.15) is 5.82 Å². The number of halogens is 1. The van der Waals surface area contributed by atoms with Crippen LogP contribution in [0.25, 0.3) is 0 Å². The molecule has 0 bridgehead atoms. The summed E-state index contributed by atoms with van der Waals surface area (Å²) in [5.41, 5.74) is 12.8. The summed E-state index contributed by atoms with van der Waals surface area (Å²) >= 11 is 0. The Morgan fingerprint density at radius 1 is 1.46 bits per heavy atom. The van der Waals surface area contributed by atoms with Gasteiger partial charge in [0.2, 0.25) is 0 Å². The van der Waals surface area contributed by atoms with Crippen molar-refractivity contribution in [1.82, 2.24) is 0 Å². The van der Waals surface area contributed by atoms with E-state index >= 15 is 0 Å². The zero-order valence-electron chi connectivity index (χ0n) is 7.33. The van der Waals surface area contributed by atoms with Crippen molar-refractivity contribution in [3.05, 3.63) is 35.1 Å². The van der Waals surface area contributed by atoms with Crippen LogP contribution in [0.5, 0.6) is 0 Å². The Kier molecular flexibility index (Phi) is 2.06. The SMILES string of the molecule is NCc1cc([C@@H]2C[C@H]2N)ccc1F. The predicted molar refractivity (Wildman–Crippen MR) is 49.6 cm³/mol. The van der Waals surface area contributed by atoms with Crippen molar-refractivity contribution in [3.8, 4) is 0 Å². The van der Waals surface area contributed by atoms with Crippen LogP contribution in [0, 0.1) is 5.82 Å². The minimum absolute atomic E-state index is 0.222. The minimum atomic E-state index is -0.222. The van der Waals surface area contributed by atoms with E-state index in [1.807, 2.05) is 6.07 Å². The molecule has 13 heavy (non-hydrogen) atoms.